The van der Waals surface area contributed by atoms with E-state index in [1.807, 2.05) is 74.4 Å². The highest BCUT2D eigenvalue weighted by molar-refractivity contribution is 6.05. The van der Waals surface area contributed by atoms with E-state index in [1.165, 1.54) is 53.8 Å². The number of likely N-dealkylation sites (tertiary alicyclic amines) is 1. The number of rotatable bonds is 31. The van der Waals surface area contributed by atoms with Crippen LogP contribution in [0.25, 0.3) is 5.57 Å². The van der Waals surface area contributed by atoms with E-state index >= 15 is 0 Å². The molecule has 508 valence electrons. The average Bonchev–Trinajstić information content (AvgIpc) is 0.984. The number of nitrogens with one attached hydrogen (secondary N) is 7. The Bertz CT molecular complexity index is 3650. The Morgan fingerprint density at radius 1 is 0.768 bits per heavy atom. The molecule has 1 fully saturated rings. The number of likely N-dealkylation sites (N-methyl/N-ethyl adjacent to an activating group) is 1. The van der Waals surface area contributed by atoms with E-state index in [9.17, 15) is 68.4 Å². The van der Waals surface area contributed by atoms with Crippen LogP contribution in [0.3, 0.4) is 0 Å². The maximum Gasteiger partial charge on any atom is 0.336 e. The van der Waals surface area contributed by atoms with Crippen molar-refractivity contribution in [2.24, 2.45) is 28.3 Å². The molecule has 2 aliphatic heterocycles. The summed E-state index contributed by atoms with van der Waals surface area (Å²) in [6.45, 7) is 6.69. The van der Waals surface area contributed by atoms with Crippen LogP contribution in [0, 0.1) is 11.8 Å². The number of carbonyl (C=O) groups is 10. The van der Waals surface area contributed by atoms with E-state index in [4.69, 9.17) is 16.2 Å². The number of carboxylic acid groups (broad SMARTS) is 3. The van der Waals surface area contributed by atoms with E-state index in [-0.39, 0.29) is 79.6 Å². The first-order chi connectivity index (χ1) is 45.0. The highest BCUT2D eigenvalue weighted by Crippen LogP contribution is 2.45. The third-order valence-electron chi connectivity index (χ3n) is 16.7. The first kappa shape index (κ1) is 71.9. The van der Waals surface area contributed by atoms with Gasteiger partial charge in [-0.1, -0.05) is 64.5 Å². The van der Waals surface area contributed by atoms with Crippen molar-refractivity contribution in [1.29, 1.82) is 0 Å². The lowest BCUT2D eigenvalue weighted by molar-refractivity contribution is -0.149. The van der Waals surface area contributed by atoms with Crippen LogP contribution < -0.4 is 53.0 Å². The number of H-pyrrole nitrogens is 1. The van der Waals surface area contributed by atoms with E-state index in [2.05, 4.69) is 46.9 Å². The molecule has 7 amide bonds. The van der Waals surface area contributed by atoms with Crippen LogP contribution in [0.5, 0.6) is 11.5 Å². The Morgan fingerprint density at radius 3 is 2.04 bits per heavy atom. The molecule has 3 aliphatic rings. The number of fused-ring (bicyclic) bond motifs is 2. The van der Waals surface area contributed by atoms with Crippen LogP contribution >= 0.6 is 0 Å². The summed E-state index contributed by atoms with van der Waals surface area (Å²) in [4.78, 5) is 155. The summed E-state index contributed by atoms with van der Waals surface area (Å²) in [5, 5.41) is 56.7. The molecule has 0 saturated carbocycles. The van der Waals surface area contributed by atoms with E-state index in [0.29, 0.717) is 52.3 Å². The Labute approximate surface area is 548 Å². The summed E-state index contributed by atoms with van der Waals surface area (Å²) in [6.07, 6.45) is 7.91. The standard InChI is InChI=1S/C66H84N14O15/c1-9-35(4)56(62(89)75-49(28-38-32-69-33-71-38)63(90)80-25-11-13-50(80)65(93)94)77-60(87)47(26-36-14-19-41(81)20-15-36)74-61(88)55(34(2)3)76-58(85)46(12-10-24-70-66(67)68)72-59(86)48(31-53(82)83)73-57(84)37-16-21-42(45(27-37)64(91)92)54-43-22-17-39(78(5)6)29-51(43)95-52-30-40(79(7)8)18-23-44(52)54/h14-23,27,29-30,32-35,39,46-50,55-56,81H,9-13,24-26,28,31H2,1-8H3,(H,69,71)(H,72,86)(H,73,84)(H,74,88)(H,75,89)(H,76,85)(H,77,87)(H,82,83)(H,91,92)(H,93,94)(H4,67,68,70). The molecule has 0 spiro atoms. The molecule has 29 heteroatoms. The quantitative estimate of drug-likeness (QED) is 0.0194. The lowest BCUT2D eigenvalue weighted by Crippen LogP contribution is -2.62. The third-order valence-corrected chi connectivity index (χ3v) is 16.7. The van der Waals surface area contributed by atoms with Crippen molar-refractivity contribution in [3.05, 3.63) is 136 Å². The summed E-state index contributed by atoms with van der Waals surface area (Å²) >= 11 is 0. The van der Waals surface area contributed by atoms with Gasteiger partial charge in [-0.25, -0.2) is 14.6 Å². The molecule has 7 rings (SSSR count). The molecule has 9 atom stereocenters. The van der Waals surface area contributed by atoms with Crippen molar-refractivity contribution in [1.82, 2.24) is 51.7 Å². The van der Waals surface area contributed by atoms with Gasteiger partial charge >= 0.3 is 17.9 Å². The number of aliphatic carboxylic acids is 2. The molecule has 15 N–H and O–H groups in total. The highest BCUT2D eigenvalue weighted by atomic mass is 16.5. The van der Waals surface area contributed by atoms with Crippen molar-refractivity contribution >= 4 is 76.5 Å². The Balaban J connectivity index is 1.13. The van der Waals surface area contributed by atoms with Gasteiger partial charge in [0.2, 0.25) is 35.4 Å². The number of aromatic hydroxyl groups is 1. The number of carbonyl (C=O) groups excluding carboxylic acids is 7. The Kier molecular flexibility index (Phi) is 24.4. The summed E-state index contributed by atoms with van der Waals surface area (Å²) in [5.41, 5.74) is 14.1. The molecule has 1 saturated heterocycles. The van der Waals surface area contributed by atoms with Gasteiger partial charge in [0.1, 0.15) is 59.6 Å². The maximum atomic E-state index is 14.7. The number of ether oxygens (including phenoxy) is 1. The molecular formula is C66H84N14O15. The fourth-order valence-corrected chi connectivity index (χ4v) is 11.2. The number of amides is 7. The fraction of sp³-hybridized carbons (Fsp3) is 0.424. The predicted molar refractivity (Wildman–Crippen MR) is 349 cm³/mol. The number of aliphatic imine (C=N–C) groups is 1. The van der Waals surface area contributed by atoms with Gasteiger partial charge in [-0.2, -0.15) is 0 Å². The van der Waals surface area contributed by atoms with Crippen LogP contribution in [0.4, 0.5) is 5.69 Å². The Morgan fingerprint density at radius 2 is 1.42 bits per heavy atom. The molecule has 29 nitrogen and oxygen atoms in total. The second kappa shape index (κ2) is 32.3. The van der Waals surface area contributed by atoms with E-state index < -0.39 is 120 Å². The molecule has 3 heterocycles. The van der Waals surface area contributed by atoms with Crippen molar-refractivity contribution in [2.45, 2.75) is 127 Å². The first-order valence-corrected chi connectivity index (χ1v) is 31.1. The lowest BCUT2D eigenvalue weighted by atomic mass is 9.84. The summed E-state index contributed by atoms with van der Waals surface area (Å²) in [6, 6.07) is 4.76. The zero-order chi connectivity index (χ0) is 69.5. The van der Waals surface area contributed by atoms with Crippen molar-refractivity contribution in [3.8, 4) is 11.5 Å². The highest BCUT2D eigenvalue weighted by Gasteiger charge is 2.41. The summed E-state index contributed by atoms with van der Waals surface area (Å²) in [7, 11) is 7.52. The number of allylic oxidation sites excluding steroid dienone is 1. The second-order valence-electron chi connectivity index (χ2n) is 24.4. The first-order valence-electron chi connectivity index (χ1n) is 31.1. The summed E-state index contributed by atoms with van der Waals surface area (Å²) < 4.78 is 6.44. The molecule has 4 aromatic rings. The van der Waals surface area contributed by atoms with Gasteiger partial charge in [0.05, 0.1) is 18.3 Å². The van der Waals surface area contributed by atoms with Gasteiger partial charge in [0.25, 0.3) is 5.91 Å². The zero-order valence-corrected chi connectivity index (χ0v) is 54.2. The van der Waals surface area contributed by atoms with Gasteiger partial charge in [-0.05, 0) is 105 Å². The average molecular weight is 1310 g/mol. The number of guanidine groups is 1. The third kappa shape index (κ3) is 18.6. The SMILES string of the molecule is CCC(C)C(NC(=O)C(Cc1ccc(O)cc1)NC(=O)C(NC(=O)C(CCCN=C(N)N)NC(=O)C(CC(=O)O)NC(=O)c1ccc(C2=C3C=CC(N(C)C)C=C3Oc3cc(N(C)C)ccc32)c(C(=O)O)c1)C(C)C)C(=O)NC(Cc1cnc[nH]1)C(=O)N1CCCC1C(=O)O. The number of phenols is 1. The number of hydrogen-bond acceptors (Lipinski definition) is 16. The van der Waals surface area contributed by atoms with Crippen molar-refractivity contribution < 1.29 is 73.1 Å². The second-order valence-corrected chi connectivity index (χ2v) is 24.4. The van der Waals surface area contributed by atoms with Gasteiger partial charge in [-0.15, -0.1) is 0 Å². The van der Waals surface area contributed by atoms with Crippen molar-refractivity contribution in [2.75, 3.05) is 46.2 Å². The van der Waals surface area contributed by atoms with Crippen LogP contribution in [-0.2, 0) is 51.2 Å². The van der Waals surface area contributed by atoms with Crippen LogP contribution in [0.1, 0.15) is 109 Å². The monoisotopic (exact) mass is 1310 g/mol. The molecule has 1 aliphatic carbocycles. The number of nitrogens with two attached hydrogens (primary N) is 2. The smallest absolute Gasteiger partial charge is 0.336 e. The predicted octanol–water partition coefficient (Wildman–Crippen LogP) is 1.77. The normalized spacial score (nSPS) is 17.0. The zero-order valence-electron chi connectivity index (χ0n) is 54.2. The number of phenolic OH excluding ortho intramolecular Hbond substituents is 1. The van der Waals surface area contributed by atoms with Gasteiger partial charge in [0, 0.05) is 92.0 Å². The van der Waals surface area contributed by atoms with Gasteiger partial charge in [0.15, 0.2) is 5.96 Å². The number of imidazole rings is 1. The molecular weight excluding hydrogens is 1230 g/mol. The topological polar surface area (TPSA) is 436 Å². The van der Waals surface area contributed by atoms with Gasteiger partial charge in [-0.3, -0.25) is 48.2 Å². The van der Waals surface area contributed by atoms with E-state index in [1.54, 1.807) is 27.7 Å². The number of carboxylic acids is 3. The number of aromatic amines is 1. The maximum absolute atomic E-state index is 14.7. The number of nitrogens with zero attached hydrogens (tertiary/aromatic N) is 5. The van der Waals surface area contributed by atoms with Crippen molar-refractivity contribution in [3.63, 3.8) is 0 Å². The van der Waals surface area contributed by atoms with Crippen LogP contribution in [0.15, 0.2) is 108 Å². The number of aromatic nitrogens is 2. The molecule has 1 aromatic heterocycles. The number of aromatic carboxylic acids is 1. The number of anilines is 1. The van der Waals surface area contributed by atoms with Gasteiger partial charge < -0.3 is 83.3 Å². The fourth-order valence-electron chi connectivity index (χ4n) is 11.2. The molecule has 0 bridgehead atoms. The Hall–Kier alpha value is -10.6. The van der Waals surface area contributed by atoms with Crippen LogP contribution in [0.2, 0.25) is 0 Å². The minimum atomic E-state index is -1.88. The minimum absolute atomic E-state index is 0.0307. The lowest BCUT2D eigenvalue weighted by Gasteiger charge is -2.31. The number of hydrogen-bond donors (Lipinski definition) is 13. The minimum Gasteiger partial charge on any atom is -0.508 e. The largest absolute Gasteiger partial charge is 0.508 e. The molecule has 95 heavy (non-hydrogen) atoms. The van der Waals surface area contributed by atoms with E-state index in [0.717, 1.165) is 11.8 Å². The molecule has 3 aromatic carbocycles. The molecule has 9 unspecified atom stereocenters. The summed E-state index contributed by atoms with van der Waals surface area (Å²) in [5.74, 6) is -11.3. The van der Waals surface area contributed by atoms with Crippen LogP contribution in [-0.4, -0.2) is 195 Å². The molecule has 0 radical (unpaired) electrons. The number of benzene rings is 3.